The van der Waals surface area contributed by atoms with Crippen molar-refractivity contribution in [3.05, 3.63) is 115 Å². The summed E-state index contributed by atoms with van der Waals surface area (Å²) in [5, 5.41) is 6.52. The lowest BCUT2D eigenvalue weighted by atomic mass is 10.0. The van der Waals surface area contributed by atoms with Gasteiger partial charge in [-0.15, -0.1) is 0 Å². The molecule has 1 saturated heterocycles. The number of halogens is 1. The molecule has 1 aliphatic rings. The lowest BCUT2D eigenvalue weighted by Gasteiger charge is -2.43. The van der Waals surface area contributed by atoms with Gasteiger partial charge in [0.15, 0.2) is 0 Å². The van der Waals surface area contributed by atoms with E-state index in [9.17, 15) is 14.4 Å². The third-order valence-corrected chi connectivity index (χ3v) is 6.88. The topological polar surface area (TPSA) is 81.8 Å². The molecule has 1 unspecified atom stereocenters. The molecule has 1 atom stereocenters. The van der Waals surface area contributed by atoms with Crippen molar-refractivity contribution >= 4 is 40.4 Å². The standard InChI is InChI=1S/C28H25ClN4O3/c1-18-9-5-7-13-21(18)30-24-25(27(35)26(24)34)32-15-16-33(23(17-32)19-10-3-2-4-11-19)28(36)31-22-14-8-6-12-20(22)29/h2-14,23,30H,15-17H2,1H3,(H,31,36). The number of carbonyl (C=O) groups excluding carboxylic acids is 1. The van der Waals surface area contributed by atoms with Crippen LogP contribution in [0.5, 0.6) is 0 Å². The van der Waals surface area contributed by atoms with Crippen LogP contribution in [-0.4, -0.2) is 30.6 Å². The highest BCUT2D eigenvalue weighted by molar-refractivity contribution is 6.33. The summed E-state index contributed by atoms with van der Waals surface area (Å²) in [7, 11) is 0. The number of rotatable bonds is 5. The Morgan fingerprint density at radius 1 is 0.861 bits per heavy atom. The van der Waals surface area contributed by atoms with Gasteiger partial charge in [0.05, 0.1) is 16.8 Å². The number of nitrogens with zero attached hydrogens (tertiary/aromatic N) is 2. The van der Waals surface area contributed by atoms with Gasteiger partial charge >= 0.3 is 6.03 Å². The SMILES string of the molecule is Cc1ccccc1Nc1c(N2CCN(C(=O)Nc3ccccc3Cl)C(c3ccccc3)C2)c(=O)c1=O. The van der Waals surface area contributed by atoms with Crippen LogP contribution in [0.4, 0.5) is 27.5 Å². The number of hydrogen-bond acceptors (Lipinski definition) is 5. The molecule has 1 aliphatic heterocycles. The molecular weight excluding hydrogens is 476 g/mol. The number of carbonyl (C=O) groups is 1. The molecule has 0 aromatic heterocycles. The second-order valence-electron chi connectivity index (χ2n) is 8.80. The van der Waals surface area contributed by atoms with E-state index in [1.54, 1.807) is 23.1 Å². The summed E-state index contributed by atoms with van der Waals surface area (Å²) in [4.78, 5) is 42.2. The summed E-state index contributed by atoms with van der Waals surface area (Å²) in [5.41, 5.74) is 2.86. The Bertz CT molecular complexity index is 1480. The minimum absolute atomic E-state index is 0.278. The average Bonchev–Trinajstić information content (AvgIpc) is 2.91. The van der Waals surface area contributed by atoms with E-state index in [1.807, 2.05) is 72.5 Å². The van der Waals surface area contributed by atoms with Crippen LogP contribution in [0.15, 0.2) is 88.5 Å². The van der Waals surface area contributed by atoms with E-state index in [1.165, 1.54) is 0 Å². The second kappa shape index (κ2) is 9.87. The number of benzene rings is 3. The Kier molecular flexibility index (Phi) is 6.48. The lowest BCUT2D eigenvalue weighted by Crippen LogP contribution is -2.55. The molecule has 0 radical (unpaired) electrons. The Morgan fingerprint density at radius 3 is 2.25 bits per heavy atom. The fourth-order valence-electron chi connectivity index (χ4n) is 4.58. The van der Waals surface area contributed by atoms with Crippen molar-refractivity contribution in [2.45, 2.75) is 13.0 Å². The largest absolute Gasteiger partial charge is 0.362 e. The first kappa shape index (κ1) is 23.6. The van der Waals surface area contributed by atoms with Gasteiger partial charge in [-0.2, -0.15) is 0 Å². The van der Waals surface area contributed by atoms with E-state index in [-0.39, 0.29) is 12.1 Å². The molecule has 4 aromatic carbocycles. The van der Waals surface area contributed by atoms with Gasteiger partial charge in [0.25, 0.3) is 10.9 Å². The number of anilines is 4. The predicted molar refractivity (Wildman–Crippen MR) is 144 cm³/mol. The van der Waals surface area contributed by atoms with Gasteiger partial charge in [-0.1, -0.05) is 72.3 Å². The first-order chi connectivity index (χ1) is 17.4. The van der Waals surface area contributed by atoms with Gasteiger partial charge < -0.3 is 20.4 Å². The first-order valence-electron chi connectivity index (χ1n) is 11.7. The number of para-hydroxylation sites is 2. The highest BCUT2D eigenvalue weighted by Crippen LogP contribution is 2.33. The van der Waals surface area contributed by atoms with Gasteiger partial charge in [0.2, 0.25) is 0 Å². The van der Waals surface area contributed by atoms with E-state index < -0.39 is 10.9 Å². The molecule has 7 nitrogen and oxygen atoms in total. The Hall–Kier alpha value is -4.10. The van der Waals surface area contributed by atoms with Gasteiger partial charge in [0.1, 0.15) is 11.4 Å². The van der Waals surface area contributed by atoms with Crippen LogP contribution in [-0.2, 0) is 0 Å². The number of aryl methyl sites for hydroxylation is 1. The van der Waals surface area contributed by atoms with E-state index in [2.05, 4.69) is 10.6 Å². The van der Waals surface area contributed by atoms with E-state index in [0.717, 1.165) is 16.8 Å². The molecule has 5 rings (SSSR count). The summed E-state index contributed by atoms with van der Waals surface area (Å²) < 4.78 is 0. The first-order valence-corrected chi connectivity index (χ1v) is 12.1. The summed E-state index contributed by atoms with van der Waals surface area (Å²) in [5.74, 6) is 0. The summed E-state index contributed by atoms with van der Waals surface area (Å²) >= 11 is 6.25. The van der Waals surface area contributed by atoms with Crippen molar-refractivity contribution in [3.8, 4) is 0 Å². The molecule has 8 heteroatoms. The van der Waals surface area contributed by atoms with Crippen LogP contribution in [0.25, 0.3) is 0 Å². The molecule has 0 bridgehead atoms. The molecule has 4 aromatic rings. The van der Waals surface area contributed by atoms with Gasteiger partial charge in [-0.3, -0.25) is 9.59 Å². The van der Waals surface area contributed by atoms with Gasteiger partial charge in [-0.25, -0.2) is 4.79 Å². The van der Waals surface area contributed by atoms with Crippen molar-refractivity contribution in [1.82, 2.24) is 4.90 Å². The second-order valence-corrected chi connectivity index (χ2v) is 9.20. The maximum absolute atomic E-state index is 13.3. The smallest absolute Gasteiger partial charge is 0.322 e. The normalized spacial score (nSPS) is 15.7. The number of piperazine rings is 1. The van der Waals surface area contributed by atoms with Gasteiger partial charge in [0, 0.05) is 25.3 Å². The predicted octanol–water partition coefficient (Wildman–Crippen LogP) is 5.08. The van der Waals surface area contributed by atoms with E-state index in [0.29, 0.717) is 41.7 Å². The fourth-order valence-corrected chi connectivity index (χ4v) is 4.77. The average molecular weight is 501 g/mol. The van der Waals surface area contributed by atoms with Crippen molar-refractivity contribution < 1.29 is 4.79 Å². The molecule has 2 N–H and O–H groups in total. The zero-order valence-corrected chi connectivity index (χ0v) is 20.5. The van der Waals surface area contributed by atoms with Crippen LogP contribution in [0, 0.1) is 6.92 Å². The maximum Gasteiger partial charge on any atom is 0.322 e. The fraction of sp³-hybridized carbons (Fsp3) is 0.179. The quantitative estimate of drug-likeness (QED) is 0.373. The Labute approximate surface area is 213 Å². The number of urea groups is 1. The minimum atomic E-state index is -0.525. The molecule has 36 heavy (non-hydrogen) atoms. The van der Waals surface area contributed by atoms with Crippen LogP contribution in [0.3, 0.4) is 0 Å². The summed E-state index contributed by atoms with van der Waals surface area (Å²) in [6.45, 7) is 3.08. The van der Waals surface area contributed by atoms with Gasteiger partial charge in [-0.05, 0) is 36.2 Å². The Balaban J connectivity index is 1.43. The third-order valence-electron chi connectivity index (χ3n) is 6.55. The maximum atomic E-state index is 13.3. The molecule has 1 fully saturated rings. The van der Waals surface area contributed by atoms with E-state index >= 15 is 0 Å². The molecule has 182 valence electrons. The summed E-state index contributed by atoms with van der Waals surface area (Å²) in [6, 6.07) is 23.7. The van der Waals surface area contributed by atoms with Crippen LogP contribution in [0.1, 0.15) is 17.2 Å². The van der Waals surface area contributed by atoms with Crippen LogP contribution >= 0.6 is 11.6 Å². The third kappa shape index (κ3) is 4.45. The monoisotopic (exact) mass is 500 g/mol. The molecule has 2 amide bonds. The minimum Gasteiger partial charge on any atom is -0.362 e. The van der Waals surface area contributed by atoms with Crippen molar-refractivity contribution in [3.63, 3.8) is 0 Å². The highest BCUT2D eigenvalue weighted by atomic mass is 35.5. The summed E-state index contributed by atoms with van der Waals surface area (Å²) in [6.07, 6.45) is 0. The number of nitrogens with one attached hydrogen (secondary N) is 2. The molecule has 0 saturated carbocycles. The zero-order chi connectivity index (χ0) is 25.2. The molecule has 0 spiro atoms. The molecule has 0 aliphatic carbocycles. The van der Waals surface area contributed by atoms with Crippen molar-refractivity contribution in [2.24, 2.45) is 0 Å². The van der Waals surface area contributed by atoms with Crippen LogP contribution < -0.4 is 26.4 Å². The number of amides is 2. The molecule has 1 heterocycles. The zero-order valence-electron chi connectivity index (χ0n) is 19.7. The Morgan fingerprint density at radius 2 is 1.53 bits per heavy atom. The van der Waals surface area contributed by atoms with E-state index in [4.69, 9.17) is 11.6 Å². The number of hydrogen-bond donors (Lipinski definition) is 2. The molecular formula is C28H25ClN4O3. The van der Waals surface area contributed by atoms with Crippen LogP contribution in [0.2, 0.25) is 5.02 Å². The highest BCUT2D eigenvalue weighted by Gasteiger charge is 2.36. The van der Waals surface area contributed by atoms with Crippen molar-refractivity contribution in [2.75, 3.05) is 35.2 Å². The van der Waals surface area contributed by atoms with Crippen molar-refractivity contribution in [1.29, 1.82) is 0 Å². The lowest BCUT2D eigenvalue weighted by molar-refractivity contribution is 0.179.